The zero-order valence-corrected chi connectivity index (χ0v) is 13.7. The first-order valence-corrected chi connectivity index (χ1v) is 7.97. The lowest BCUT2D eigenvalue weighted by Gasteiger charge is -2.28. The molecule has 0 unspecified atom stereocenters. The number of hydrogen-bond acceptors (Lipinski definition) is 4. The molecule has 6 heteroatoms. The predicted molar refractivity (Wildman–Crippen MR) is 85.9 cm³/mol. The second-order valence-corrected chi connectivity index (χ2v) is 6.10. The summed E-state index contributed by atoms with van der Waals surface area (Å²) in [5.74, 6) is 1.86. The van der Waals surface area contributed by atoms with Gasteiger partial charge < -0.3 is 4.74 Å². The number of methoxy groups -OCH3 is 1. The molecule has 2 atom stereocenters. The Kier molecular flexibility index (Phi) is 4.76. The summed E-state index contributed by atoms with van der Waals surface area (Å²) in [5, 5.41) is 8.87. The summed E-state index contributed by atoms with van der Waals surface area (Å²) in [4.78, 5) is 4.58. The predicted octanol–water partition coefficient (Wildman–Crippen LogP) is 3.05. The molecular formula is C16H21ClN4O. The number of fused-ring (bicyclic) bond motifs is 1. The van der Waals surface area contributed by atoms with Gasteiger partial charge in [0.15, 0.2) is 0 Å². The summed E-state index contributed by atoms with van der Waals surface area (Å²) >= 11 is 5.98. The topological polar surface area (TPSA) is 52.0 Å². The van der Waals surface area contributed by atoms with Crippen molar-refractivity contribution in [3.63, 3.8) is 0 Å². The van der Waals surface area contributed by atoms with E-state index in [4.69, 9.17) is 16.3 Å². The Balaban J connectivity index is 1.81. The van der Waals surface area contributed by atoms with E-state index in [-0.39, 0.29) is 12.1 Å². The molecule has 118 valence electrons. The van der Waals surface area contributed by atoms with Gasteiger partial charge in [-0.1, -0.05) is 23.7 Å². The second kappa shape index (κ2) is 6.77. The molecule has 0 spiro atoms. The van der Waals surface area contributed by atoms with Crippen molar-refractivity contribution in [2.75, 3.05) is 13.7 Å². The average Bonchev–Trinajstić information content (AvgIpc) is 2.89. The van der Waals surface area contributed by atoms with Crippen molar-refractivity contribution in [3.05, 3.63) is 46.5 Å². The van der Waals surface area contributed by atoms with Gasteiger partial charge in [-0.25, -0.2) is 9.67 Å². The van der Waals surface area contributed by atoms with Gasteiger partial charge in [-0.05, 0) is 37.5 Å². The van der Waals surface area contributed by atoms with Crippen LogP contribution in [-0.4, -0.2) is 28.5 Å². The van der Waals surface area contributed by atoms with Crippen LogP contribution in [-0.2, 0) is 11.3 Å². The number of rotatable bonds is 5. The first-order valence-electron chi connectivity index (χ1n) is 7.59. The largest absolute Gasteiger partial charge is 0.383 e. The fourth-order valence-electron chi connectivity index (χ4n) is 2.97. The van der Waals surface area contributed by atoms with Crippen molar-refractivity contribution in [1.29, 1.82) is 0 Å². The summed E-state index contributed by atoms with van der Waals surface area (Å²) in [7, 11) is 1.72. The second-order valence-electron chi connectivity index (χ2n) is 5.66. The highest BCUT2D eigenvalue weighted by Gasteiger charge is 2.26. The Hall–Kier alpha value is -1.43. The summed E-state index contributed by atoms with van der Waals surface area (Å²) < 4.78 is 7.40. The van der Waals surface area contributed by atoms with Crippen molar-refractivity contribution in [2.45, 2.75) is 38.4 Å². The summed E-state index contributed by atoms with van der Waals surface area (Å²) in [5.41, 5.74) is 1.17. The minimum Gasteiger partial charge on any atom is -0.383 e. The van der Waals surface area contributed by atoms with E-state index in [2.05, 4.69) is 15.4 Å². The molecule has 1 aromatic heterocycles. The van der Waals surface area contributed by atoms with Crippen LogP contribution >= 0.6 is 11.6 Å². The lowest BCUT2D eigenvalue weighted by atomic mass is 10.0. The van der Waals surface area contributed by atoms with Gasteiger partial charge in [-0.2, -0.15) is 5.10 Å². The van der Waals surface area contributed by atoms with Crippen LogP contribution in [0.25, 0.3) is 0 Å². The molecule has 1 N–H and O–H groups in total. The standard InChI is InChI=1S/C16H21ClN4O/c1-11-18-16-14(4-3-9-21(16)20-11)19-15(10-22-2)12-5-7-13(17)8-6-12/h5-8,14-15,19H,3-4,9-10H2,1-2H3/t14-,15-/m1/s1. The Morgan fingerprint density at radius 3 is 2.91 bits per heavy atom. The highest BCUT2D eigenvalue weighted by atomic mass is 35.5. The van der Waals surface area contributed by atoms with Crippen molar-refractivity contribution in [2.24, 2.45) is 0 Å². The lowest BCUT2D eigenvalue weighted by molar-refractivity contribution is 0.156. The summed E-state index contributed by atoms with van der Waals surface area (Å²) in [6.07, 6.45) is 2.17. The smallest absolute Gasteiger partial charge is 0.147 e. The van der Waals surface area contributed by atoms with E-state index in [0.717, 1.165) is 36.1 Å². The fraction of sp³-hybridized carbons (Fsp3) is 0.500. The zero-order chi connectivity index (χ0) is 15.5. The average molecular weight is 321 g/mol. The van der Waals surface area contributed by atoms with E-state index >= 15 is 0 Å². The Labute approximate surface area is 135 Å². The fourth-order valence-corrected chi connectivity index (χ4v) is 3.10. The highest BCUT2D eigenvalue weighted by Crippen LogP contribution is 2.27. The van der Waals surface area contributed by atoms with E-state index in [1.54, 1.807) is 7.11 Å². The van der Waals surface area contributed by atoms with Crippen LogP contribution in [0.4, 0.5) is 0 Å². The summed E-state index contributed by atoms with van der Waals surface area (Å²) in [6, 6.07) is 8.21. The number of benzene rings is 1. The van der Waals surface area contributed by atoms with Gasteiger partial charge in [0.05, 0.1) is 18.7 Å². The van der Waals surface area contributed by atoms with Crippen LogP contribution in [0.3, 0.4) is 0 Å². The molecule has 1 aromatic carbocycles. The number of aryl methyl sites for hydroxylation is 2. The van der Waals surface area contributed by atoms with Crippen LogP contribution < -0.4 is 5.32 Å². The minimum atomic E-state index is 0.107. The van der Waals surface area contributed by atoms with Crippen LogP contribution in [0.1, 0.15) is 42.1 Å². The van der Waals surface area contributed by atoms with Crippen LogP contribution in [0.2, 0.25) is 5.02 Å². The van der Waals surface area contributed by atoms with Crippen molar-refractivity contribution in [3.8, 4) is 0 Å². The van der Waals surface area contributed by atoms with E-state index in [1.807, 2.05) is 35.9 Å². The number of hydrogen-bond donors (Lipinski definition) is 1. The number of ether oxygens (including phenoxy) is 1. The monoisotopic (exact) mass is 320 g/mol. The quantitative estimate of drug-likeness (QED) is 0.920. The number of nitrogens with zero attached hydrogens (tertiary/aromatic N) is 3. The van der Waals surface area contributed by atoms with Crippen molar-refractivity contribution < 1.29 is 4.74 Å². The molecule has 1 aliphatic rings. The van der Waals surface area contributed by atoms with Crippen LogP contribution in [0.5, 0.6) is 0 Å². The molecule has 0 radical (unpaired) electrons. The molecule has 0 bridgehead atoms. The molecule has 0 aliphatic carbocycles. The van der Waals surface area contributed by atoms with Crippen LogP contribution in [0, 0.1) is 6.92 Å². The van der Waals surface area contributed by atoms with Gasteiger partial charge >= 0.3 is 0 Å². The maximum atomic E-state index is 5.98. The lowest BCUT2D eigenvalue weighted by Crippen LogP contribution is -2.33. The van der Waals surface area contributed by atoms with Gasteiger partial charge in [-0.15, -0.1) is 0 Å². The van der Waals surface area contributed by atoms with Gasteiger partial charge in [0.2, 0.25) is 0 Å². The van der Waals surface area contributed by atoms with E-state index in [1.165, 1.54) is 5.56 Å². The Morgan fingerprint density at radius 1 is 1.41 bits per heavy atom. The maximum Gasteiger partial charge on any atom is 0.147 e. The molecule has 2 heterocycles. The third-order valence-corrected chi connectivity index (χ3v) is 4.24. The molecule has 0 saturated carbocycles. The Morgan fingerprint density at radius 2 is 2.18 bits per heavy atom. The molecule has 5 nitrogen and oxygen atoms in total. The number of halogens is 1. The van der Waals surface area contributed by atoms with E-state index in [9.17, 15) is 0 Å². The Bertz CT molecular complexity index is 626. The highest BCUT2D eigenvalue weighted by molar-refractivity contribution is 6.30. The number of nitrogens with one attached hydrogen (secondary N) is 1. The van der Waals surface area contributed by atoms with Crippen molar-refractivity contribution in [1.82, 2.24) is 20.1 Å². The van der Waals surface area contributed by atoms with Crippen LogP contribution in [0.15, 0.2) is 24.3 Å². The molecule has 1 aliphatic heterocycles. The molecule has 2 aromatic rings. The third kappa shape index (κ3) is 3.32. The van der Waals surface area contributed by atoms with Gasteiger partial charge in [0.1, 0.15) is 11.6 Å². The molecule has 22 heavy (non-hydrogen) atoms. The van der Waals surface area contributed by atoms with E-state index < -0.39 is 0 Å². The zero-order valence-electron chi connectivity index (χ0n) is 12.9. The minimum absolute atomic E-state index is 0.107. The van der Waals surface area contributed by atoms with Crippen molar-refractivity contribution >= 4 is 11.6 Å². The maximum absolute atomic E-state index is 5.98. The normalized spacial score (nSPS) is 19.0. The van der Waals surface area contributed by atoms with Gasteiger partial charge in [0, 0.05) is 18.7 Å². The molecular weight excluding hydrogens is 300 g/mol. The molecule has 0 fully saturated rings. The molecule has 3 rings (SSSR count). The molecule has 0 saturated heterocycles. The van der Waals surface area contributed by atoms with Gasteiger partial charge in [0.25, 0.3) is 0 Å². The molecule has 0 amide bonds. The third-order valence-electron chi connectivity index (χ3n) is 3.99. The van der Waals surface area contributed by atoms with Gasteiger partial charge in [-0.3, -0.25) is 5.32 Å². The summed E-state index contributed by atoms with van der Waals surface area (Å²) in [6.45, 7) is 3.49. The first-order chi connectivity index (χ1) is 10.7. The first kappa shape index (κ1) is 15.5. The van der Waals surface area contributed by atoms with E-state index in [0.29, 0.717) is 6.61 Å². The number of aromatic nitrogens is 3. The SMILES string of the molecule is COC[C@@H](N[C@@H]1CCCn2nc(C)nc21)c1ccc(Cl)cc1.